The van der Waals surface area contributed by atoms with Crippen molar-refractivity contribution in [2.45, 2.75) is 6.54 Å². The van der Waals surface area contributed by atoms with Crippen molar-refractivity contribution in [2.75, 3.05) is 0 Å². The lowest BCUT2D eigenvalue weighted by atomic mass is 10.1. The number of hydrogen-bond acceptors (Lipinski definition) is 4. The minimum absolute atomic E-state index is 0.126. The van der Waals surface area contributed by atoms with E-state index in [-0.39, 0.29) is 17.0 Å². The molecule has 2 aromatic carbocycles. The molecule has 5 aromatic rings. The lowest BCUT2D eigenvalue weighted by Gasteiger charge is -2.09. The number of carbonyl (C=O) groups excluding carboxylic acids is 1. The summed E-state index contributed by atoms with van der Waals surface area (Å²) in [7, 11) is 1.47. The van der Waals surface area contributed by atoms with Gasteiger partial charge in [-0.2, -0.15) is 4.98 Å². The second-order valence-electron chi connectivity index (χ2n) is 7.35. The molecule has 0 bridgehead atoms. The van der Waals surface area contributed by atoms with Gasteiger partial charge >= 0.3 is 5.69 Å². The molecule has 2 N–H and O–H groups in total. The number of halogens is 1. The fourth-order valence-corrected chi connectivity index (χ4v) is 3.85. The molecule has 0 aliphatic carbocycles. The third-order valence-corrected chi connectivity index (χ3v) is 5.32. The standard InChI is InChI=1S/C22H17FN6O3/c1-26-19-18(20(31)28(22(26)32)12-17(24)30)27-11-16(13-5-3-2-4-6-13)29(21(27)25-19)15-9-7-14(23)8-10-15/h2-11H,12H2,1H3,(H2,24,30). The number of nitrogens with zero attached hydrogens (tertiary/aromatic N) is 5. The van der Waals surface area contributed by atoms with Crippen LogP contribution in [0.3, 0.4) is 0 Å². The van der Waals surface area contributed by atoms with Gasteiger partial charge in [-0.1, -0.05) is 30.3 Å². The first kappa shape index (κ1) is 19.5. The Balaban J connectivity index is 1.93. The van der Waals surface area contributed by atoms with Gasteiger partial charge in [-0.25, -0.2) is 13.8 Å². The zero-order chi connectivity index (χ0) is 22.6. The molecule has 0 aliphatic heterocycles. The van der Waals surface area contributed by atoms with E-state index in [1.54, 1.807) is 27.3 Å². The van der Waals surface area contributed by atoms with Gasteiger partial charge in [-0.05, 0) is 24.3 Å². The van der Waals surface area contributed by atoms with Crippen LogP contribution < -0.4 is 17.0 Å². The number of nitrogens with two attached hydrogens (primary N) is 1. The first-order valence-corrected chi connectivity index (χ1v) is 9.70. The highest BCUT2D eigenvalue weighted by molar-refractivity contribution is 5.80. The summed E-state index contributed by atoms with van der Waals surface area (Å²) in [5, 5.41) is 0. The highest BCUT2D eigenvalue weighted by Crippen LogP contribution is 2.28. The molecular weight excluding hydrogens is 415 g/mol. The lowest BCUT2D eigenvalue weighted by molar-refractivity contribution is -0.118. The molecule has 160 valence electrons. The van der Waals surface area contributed by atoms with Gasteiger partial charge in [0.05, 0.1) is 5.69 Å². The highest BCUT2D eigenvalue weighted by Gasteiger charge is 2.22. The normalized spacial score (nSPS) is 11.4. The van der Waals surface area contributed by atoms with Crippen LogP contribution in [0.5, 0.6) is 0 Å². The lowest BCUT2D eigenvalue weighted by Crippen LogP contribution is -2.42. The van der Waals surface area contributed by atoms with Crippen molar-refractivity contribution in [2.24, 2.45) is 12.8 Å². The maximum atomic E-state index is 13.6. The molecule has 9 nitrogen and oxygen atoms in total. The Morgan fingerprint density at radius 1 is 1.06 bits per heavy atom. The van der Waals surface area contributed by atoms with Gasteiger partial charge in [-0.15, -0.1) is 0 Å². The number of amides is 1. The van der Waals surface area contributed by atoms with E-state index in [4.69, 9.17) is 5.73 Å². The largest absolute Gasteiger partial charge is 0.368 e. The molecule has 10 heteroatoms. The molecule has 0 saturated carbocycles. The summed E-state index contributed by atoms with van der Waals surface area (Å²) < 4.78 is 18.9. The van der Waals surface area contributed by atoms with Gasteiger partial charge in [0, 0.05) is 24.5 Å². The van der Waals surface area contributed by atoms with Crippen LogP contribution in [-0.2, 0) is 18.4 Å². The van der Waals surface area contributed by atoms with E-state index in [9.17, 15) is 18.8 Å². The molecule has 0 spiro atoms. The van der Waals surface area contributed by atoms with Crippen molar-refractivity contribution >= 4 is 22.8 Å². The van der Waals surface area contributed by atoms with Crippen LogP contribution in [-0.4, -0.2) is 29.0 Å². The van der Waals surface area contributed by atoms with Crippen molar-refractivity contribution in [3.05, 3.63) is 87.4 Å². The molecule has 0 fully saturated rings. The molecule has 5 rings (SSSR count). The van der Waals surface area contributed by atoms with Crippen molar-refractivity contribution in [1.82, 2.24) is 23.1 Å². The maximum Gasteiger partial charge on any atom is 0.332 e. The Kier molecular flexibility index (Phi) is 4.29. The van der Waals surface area contributed by atoms with E-state index < -0.39 is 23.7 Å². The molecule has 3 aromatic heterocycles. The second kappa shape index (κ2) is 7.05. The molecule has 0 aliphatic rings. The van der Waals surface area contributed by atoms with E-state index in [0.717, 1.165) is 10.1 Å². The summed E-state index contributed by atoms with van der Waals surface area (Å²) in [6, 6.07) is 15.3. The zero-order valence-electron chi connectivity index (χ0n) is 16.9. The summed E-state index contributed by atoms with van der Waals surface area (Å²) in [6.45, 7) is -0.543. The molecule has 32 heavy (non-hydrogen) atoms. The first-order chi connectivity index (χ1) is 15.4. The predicted molar refractivity (Wildman–Crippen MR) is 116 cm³/mol. The number of imidazole rings is 2. The smallest absolute Gasteiger partial charge is 0.332 e. The molecular formula is C22H17FN6O3. The fourth-order valence-electron chi connectivity index (χ4n) is 3.85. The van der Waals surface area contributed by atoms with Crippen LogP contribution in [0.25, 0.3) is 33.9 Å². The van der Waals surface area contributed by atoms with Crippen LogP contribution in [0.15, 0.2) is 70.4 Å². The van der Waals surface area contributed by atoms with E-state index >= 15 is 0 Å². The van der Waals surface area contributed by atoms with E-state index in [2.05, 4.69) is 4.98 Å². The van der Waals surface area contributed by atoms with Crippen LogP contribution >= 0.6 is 0 Å². The van der Waals surface area contributed by atoms with Crippen molar-refractivity contribution in [3.63, 3.8) is 0 Å². The van der Waals surface area contributed by atoms with Crippen molar-refractivity contribution in [1.29, 1.82) is 0 Å². The topological polar surface area (TPSA) is 109 Å². The number of benzene rings is 2. The number of hydrogen-bond donors (Lipinski definition) is 1. The zero-order valence-corrected chi connectivity index (χ0v) is 16.9. The summed E-state index contributed by atoms with van der Waals surface area (Å²) in [5.41, 5.74) is 6.32. The summed E-state index contributed by atoms with van der Waals surface area (Å²) >= 11 is 0. The summed E-state index contributed by atoms with van der Waals surface area (Å²) in [4.78, 5) is 41.8. The monoisotopic (exact) mass is 432 g/mol. The second-order valence-corrected chi connectivity index (χ2v) is 7.35. The molecule has 3 heterocycles. The maximum absolute atomic E-state index is 13.6. The molecule has 0 unspecified atom stereocenters. The van der Waals surface area contributed by atoms with E-state index in [0.29, 0.717) is 17.2 Å². The number of aromatic nitrogens is 5. The first-order valence-electron chi connectivity index (χ1n) is 9.70. The average molecular weight is 432 g/mol. The SMILES string of the molecule is Cn1c(=O)n(CC(N)=O)c(=O)c2c1nc1n(-c3ccc(F)cc3)c(-c3ccccc3)cn21. The predicted octanol–water partition coefficient (Wildman–Crippen LogP) is 1.43. The molecule has 0 saturated heterocycles. The van der Waals surface area contributed by atoms with E-state index in [1.165, 1.54) is 23.7 Å². The molecule has 0 atom stereocenters. The average Bonchev–Trinajstić information content (AvgIpc) is 3.33. The van der Waals surface area contributed by atoms with Gasteiger partial charge < -0.3 is 5.73 Å². The van der Waals surface area contributed by atoms with Gasteiger partial charge in [0.15, 0.2) is 11.2 Å². The van der Waals surface area contributed by atoms with E-state index in [1.807, 2.05) is 30.3 Å². The van der Waals surface area contributed by atoms with Crippen LogP contribution in [0.1, 0.15) is 0 Å². The number of rotatable bonds is 4. The van der Waals surface area contributed by atoms with Gasteiger partial charge in [0.25, 0.3) is 5.56 Å². The third kappa shape index (κ3) is 2.84. The Morgan fingerprint density at radius 2 is 1.75 bits per heavy atom. The van der Waals surface area contributed by atoms with Gasteiger partial charge in [0.2, 0.25) is 11.7 Å². The third-order valence-electron chi connectivity index (χ3n) is 5.32. The molecule has 0 radical (unpaired) electrons. The summed E-state index contributed by atoms with van der Waals surface area (Å²) in [5.74, 6) is -0.837. The Bertz CT molecular complexity index is 1620. The summed E-state index contributed by atoms with van der Waals surface area (Å²) in [6.07, 6.45) is 1.73. The fraction of sp³-hybridized carbons (Fsp3) is 0.0909. The number of aryl methyl sites for hydroxylation is 1. The Morgan fingerprint density at radius 3 is 2.41 bits per heavy atom. The quantitative estimate of drug-likeness (QED) is 0.463. The van der Waals surface area contributed by atoms with Crippen molar-refractivity contribution < 1.29 is 9.18 Å². The highest BCUT2D eigenvalue weighted by atomic mass is 19.1. The van der Waals surface area contributed by atoms with Crippen LogP contribution in [0, 0.1) is 5.82 Å². The van der Waals surface area contributed by atoms with Gasteiger partial charge in [0.1, 0.15) is 12.4 Å². The van der Waals surface area contributed by atoms with Crippen LogP contribution in [0.4, 0.5) is 4.39 Å². The van der Waals surface area contributed by atoms with Crippen molar-refractivity contribution in [3.8, 4) is 16.9 Å². The Hall–Kier alpha value is -4.47. The minimum atomic E-state index is -0.807. The number of primary amides is 1. The molecule has 1 amide bonds. The number of fused-ring (bicyclic) bond motifs is 3. The number of carbonyl (C=O) groups is 1. The Labute approximate surface area is 179 Å². The minimum Gasteiger partial charge on any atom is -0.368 e. The van der Waals surface area contributed by atoms with Gasteiger partial charge in [-0.3, -0.25) is 23.1 Å². The van der Waals surface area contributed by atoms with Crippen LogP contribution in [0.2, 0.25) is 0 Å².